The van der Waals surface area contributed by atoms with Crippen molar-refractivity contribution in [3.05, 3.63) is 52.2 Å². The van der Waals surface area contributed by atoms with Gasteiger partial charge >= 0.3 is 0 Å². The van der Waals surface area contributed by atoms with Crippen molar-refractivity contribution in [2.75, 3.05) is 11.4 Å². The van der Waals surface area contributed by atoms with Crippen LogP contribution in [0.4, 0.5) is 5.69 Å². The van der Waals surface area contributed by atoms with Crippen LogP contribution in [0.3, 0.4) is 0 Å². The molecule has 2 aromatic rings. The number of carbonyl (C=O) groups excluding carboxylic acids is 2. The van der Waals surface area contributed by atoms with Crippen LogP contribution in [0.5, 0.6) is 0 Å². The molecule has 3 rings (SSSR count). The molecule has 1 aromatic carbocycles. The Morgan fingerprint density at radius 1 is 1.27 bits per heavy atom. The maximum atomic E-state index is 12.5. The zero-order chi connectivity index (χ0) is 15.5. The first-order valence-electron chi connectivity index (χ1n) is 7.34. The molecule has 0 radical (unpaired) electrons. The standard InChI is InChI=1S/C17H18N2O2S/c1-12(20)19-15-7-3-2-5-13(15)11-16(19)17(21)18-9-8-14-6-4-10-22-14/h2-7,10,16H,8-9,11H2,1H3,(H,18,21)/t16-/m0/s1. The van der Waals surface area contributed by atoms with Gasteiger partial charge in [0, 0.05) is 30.5 Å². The van der Waals surface area contributed by atoms with Crippen LogP contribution in [0.25, 0.3) is 0 Å². The van der Waals surface area contributed by atoms with Crippen molar-refractivity contribution in [3.8, 4) is 0 Å². The minimum Gasteiger partial charge on any atom is -0.354 e. The molecule has 2 heterocycles. The SMILES string of the molecule is CC(=O)N1c2ccccc2C[C@H]1C(=O)NCCc1cccs1. The molecule has 0 saturated carbocycles. The van der Waals surface area contributed by atoms with Crippen LogP contribution >= 0.6 is 11.3 Å². The van der Waals surface area contributed by atoms with E-state index >= 15 is 0 Å². The number of nitrogens with one attached hydrogen (secondary N) is 1. The number of thiophene rings is 1. The minimum atomic E-state index is -0.432. The number of carbonyl (C=O) groups is 2. The Balaban J connectivity index is 1.66. The van der Waals surface area contributed by atoms with Crippen LogP contribution in [0.2, 0.25) is 0 Å². The molecule has 0 unspecified atom stereocenters. The lowest BCUT2D eigenvalue weighted by atomic mass is 10.1. The average molecular weight is 314 g/mol. The molecule has 0 aliphatic carbocycles. The van der Waals surface area contributed by atoms with Gasteiger partial charge in [0.1, 0.15) is 6.04 Å². The smallest absolute Gasteiger partial charge is 0.243 e. The second kappa shape index (κ2) is 6.32. The first kappa shape index (κ1) is 14.8. The third-order valence-electron chi connectivity index (χ3n) is 3.87. The maximum absolute atomic E-state index is 12.5. The molecule has 0 bridgehead atoms. The maximum Gasteiger partial charge on any atom is 0.243 e. The lowest BCUT2D eigenvalue weighted by Crippen LogP contribution is -2.47. The van der Waals surface area contributed by atoms with Gasteiger partial charge in [0.25, 0.3) is 0 Å². The van der Waals surface area contributed by atoms with Crippen molar-refractivity contribution in [2.24, 2.45) is 0 Å². The van der Waals surface area contributed by atoms with E-state index in [1.165, 1.54) is 11.8 Å². The highest BCUT2D eigenvalue weighted by Gasteiger charge is 2.36. The molecular weight excluding hydrogens is 296 g/mol. The van der Waals surface area contributed by atoms with E-state index in [2.05, 4.69) is 11.4 Å². The van der Waals surface area contributed by atoms with E-state index in [0.717, 1.165) is 17.7 Å². The van der Waals surface area contributed by atoms with Crippen LogP contribution < -0.4 is 10.2 Å². The molecule has 1 aromatic heterocycles. The lowest BCUT2D eigenvalue weighted by molar-refractivity contribution is -0.125. The van der Waals surface area contributed by atoms with Crippen LogP contribution in [0, 0.1) is 0 Å². The summed E-state index contributed by atoms with van der Waals surface area (Å²) < 4.78 is 0. The summed E-state index contributed by atoms with van der Waals surface area (Å²) in [5.74, 6) is -0.175. The van der Waals surface area contributed by atoms with Crippen molar-refractivity contribution in [2.45, 2.75) is 25.8 Å². The highest BCUT2D eigenvalue weighted by atomic mass is 32.1. The summed E-state index contributed by atoms with van der Waals surface area (Å²) in [6.45, 7) is 2.10. The van der Waals surface area contributed by atoms with Gasteiger partial charge in [-0.3, -0.25) is 14.5 Å². The van der Waals surface area contributed by atoms with Crippen molar-refractivity contribution in [3.63, 3.8) is 0 Å². The van der Waals surface area contributed by atoms with Crippen LogP contribution in [-0.2, 0) is 22.4 Å². The van der Waals surface area contributed by atoms with Gasteiger partial charge in [-0.15, -0.1) is 11.3 Å². The molecule has 1 atom stereocenters. The number of anilines is 1. The lowest BCUT2D eigenvalue weighted by Gasteiger charge is -2.23. The van der Waals surface area contributed by atoms with Gasteiger partial charge in [-0.2, -0.15) is 0 Å². The van der Waals surface area contributed by atoms with Gasteiger partial charge in [0.2, 0.25) is 11.8 Å². The second-order valence-corrected chi connectivity index (χ2v) is 6.39. The molecule has 0 fully saturated rings. The predicted octanol–water partition coefficient (Wildman–Crippen LogP) is 2.38. The van der Waals surface area contributed by atoms with E-state index in [9.17, 15) is 9.59 Å². The Bertz CT molecular complexity index is 682. The van der Waals surface area contributed by atoms with Gasteiger partial charge in [-0.25, -0.2) is 0 Å². The van der Waals surface area contributed by atoms with Gasteiger partial charge < -0.3 is 5.32 Å². The highest BCUT2D eigenvalue weighted by molar-refractivity contribution is 7.09. The molecule has 4 nitrogen and oxygen atoms in total. The number of fused-ring (bicyclic) bond motifs is 1. The molecule has 1 N–H and O–H groups in total. The fraction of sp³-hybridized carbons (Fsp3) is 0.294. The van der Waals surface area contributed by atoms with Crippen molar-refractivity contribution in [1.82, 2.24) is 5.32 Å². The summed E-state index contributed by atoms with van der Waals surface area (Å²) in [7, 11) is 0. The molecule has 0 spiro atoms. The average Bonchev–Trinajstić information content (AvgIpc) is 3.13. The van der Waals surface area contributed by atoms with Crippen molar-refractivity contribution in [1.29, 1.82) is 0 Å². The molecule has 5 heteroatoms. The number of rotatable bonds is 4. The minimum absolute atomic E-state index is 0.0806. The predicted molar refractivity (Wildman–Crippen MR) is 88.1 cm³/mol. The van der Waals surface area contributed by atoms with E-state index in [4.69, 9.17) is 0 Å². The first-order valence-corrected chi connectivity index (χ1v) is 8.22. The summed E-state index contributed by atoms with van der Waals surface area (Å²) in [4.78, 5) is 27.2. The molecule has 1 aliphatic heterocycles. The molecule has 22 heavy (non-hydrogen) atoms. The largest absolute Gasteiger partial charge is 0.354 e. The third-order valence-corrected chi connectivity index (χ3v) is 4.80. The number of amides is 2. The summed E-state index contributed by atoms with van der Waals surface area (Å²) in [6, 6.07) is 11.3. The van der Waals surface area contributed by atoms with E-state index in [1.54, 1.807) is 16.2 Å². The first-order chi connectivity index (χ1) is 10.7. The van der Waals surface area contributed by atoms with Crippen LogP contribution in [0.1, 0.15) is 17.4 Å². The Kier molecular flexibility index (Phi) is 4.24. The number of nitrogens with zero attached hydrogens (tertiary/aromatic N) is 1. The summed E-state index contributed by atoms with van der Waals surface area (Å²) in [5, 5.41) is 4.99. The third kappa shape index (κ3) is 2.90. The fourth-order valence-electron chi connectivity index (χ4n) is 2.87. The molecule has 1 aliphatic rings. The molecular formula is C17H18N2O2S. The number of benzene rings is 1. The van der Waals surface area contributed by atoms with E-state index in [1.807, 2.05) is 35.7 Å². The van der Waals surface area contributed by atoms with Crippen molar-refractivity contribution >= 4 is 28.8 Å². The fourth-order valence-corrected chi connectivity index (χ4v) is 3.58. The van der Waals surface area contributed by atoms with Gasteiger partial charge in [0.15, 0.2) is 0 Å². The van der Waals surface area contributed by atoms with Crippen LogP contribution in [0.15, 0.2) is 41.8 Å². The topological polar surface area (TPSA) is 49.4 Å². The zero-order valence-electron chi connectivity index (χ0n) is 12.4. The zero-order valence-corrected chi connectivity index (χ0v) is 13.2. The number of hydrogen-bond donors (Lipinski definition) is 1. The van der Waals surface area contributed by atoms with Gasteiger partial charge in [-0.05, 0) is 29.5 Å². The van der Waals surface area contributed by atoms with Gasteiger partial charge in [-0.1, -0.05) is 24.3 Å². The number of hydrogen-bond acceptors (Lipinski definition) is 3. The normalized spacial score (nSPS) is 16.4. The number of para-hydroxylation sites is 1. The molecule has 114 valence electrons. The summed E-state index contributed by atoms with van der Waals surface area (Å²) in [6.07, 6.45) is 1.41. The Labute approximate surface area is 133 Å². The Morgan fingerprint density at radius 3 is 2.82 bits per heavy atom. The van der Waals surface area contributed by atoms with Crippen molar-refractivity contribution < 1.29 is 9.59 Å². The van der Waals surface area contributed by atoms with E-state index < -0.39 is 6.04 Å². The quantitative estimate of drug-likeness (QED) is 0.942. The van der Waals surface area contributed by atoms with Gasteiger partial charge in [0.05, 0.1) is 0 Å². The summed E-state index contributed by atoms with van der Waals surface area (Å²) >= 11 is 1.69. The van der Waals surface area contributed by atoms with E-state index in [0.29, 0.717) is 13.0 Å². The summed E-state index contributed by atoms with van der Waals surface area (Å²) in [5.41, 5.74) is 1.91. The Morgan fingerprint density at radius 2 is 2.09 bits per heavy atom. The van der Waals surface area contributed by atoms with E-state index in [-0.39, 0.29) is 11.8 Å². The second-order valence-electron chi connectivity index (χ2n) is 5.36. The molecule has 0 saturated heterocycles. The highest BCUT2D eigenvalue weighted by Crippen LogP contribution is 2.32. The van der Waals surface area contributed by atoms with Crippen LogP contribution in [-0.4, -0.2) is 24.4 Å². The monoisotopic (exact) mass is 314 g/mol. The molecule has 2 amide bonds. The Hall–Kier alpha value is -2.14.